The fourth-order valence-corrected chi connectivity index (χ4v) is 1.59. The third-order valence-corrected chi connectivity index (χ3v) is 2.42. The number of hydrogen-bond donors (Lipinski definition) is 1. The Balaban J connectivity index is 2.32. The summed E-state index contributed by atoms with van der Waals surface area (Å²) in [6.07, 6.45) is 0.431. The van der Waals surface area contributed by atoms with Gasteiger partial charge in [0.15, 0.2) is 0 Å². The SMILES string of the molecule is N#CCc1ccc(-c2cccc(O)c2)cc1. The van der Waals surface area contributed by atoms with E-state index in [1.807, 2.05) is 36.4 Å². The van der Waals surface area contributed by atoms with E-state index in [1.165, 1.54) is 0 Å². The average molecular weight is 209 g/mol. The van der Waals surface area contributed by atoms with Crippen LogP contribution in [0.2, 0.25) is 0 Å². The molecule has 0 saturated carbocycles. The van der Waals surface area contributed by atoms with Gasteiger partial charge in [-0.3, -0.25) is 0 Å². The Morgan fingerprint density at radius 3 is 2.38 bits per heavy atom. The van der Waals surface area contributed by atoms with Gasteiger partial charge in [-0.05, 0) is 28.8 Å². The Hall–Kier alpha value is -2.27. The number of aromatic hydroxyl groups is 1. The first-order valence-corrected chi connectivity index (χ1v) is 5.05. The first kappa shape index (κ1) is 10.3. The molecule has 16 heavy (non-hydrogen) atoms. The van der Waals surface area contributed by atoms with Crippen LogP contribution in [0.15, 0.2) is 48.5 Å². The third kappa shape index (κ3) is 2.21. The monoisotopic (exact) mass is 209 g/mol. The number of nitriles is 1. The lowest BCUT2D eigenvalue weighted by atomic mass is 10.0. The Morgan fingerprint density at radius 2 is 1.75 bits per heavy atom. The molecule has 0 aliphatic carbocycles. The van der Waals surface area contributed by atoms with Crippen LogP contribution in [0.3, 0.4) is 0 Å². The third-order valence-electron chi connectivity index (χ3n) is 2.42. The molecular formula is C14H11NO. The van der Waals surface area contributed by atoms with Gasteiger partial charge >= 0.3 is 0 Å². The van der Waals surface area contributed by atoms with Crippen molar-refractivity contribution in [2.45, 2.75) is 6.42 Å². The number of nitrogens with zero attached hydrogens (tertiary/aromatic N) is 1. The van der Waals surface area contributed by atoms with Gasteiger partial charge in [0.25, 0.3) is 0 Å². The highest BCUT2D eigenvalue weighted by atomic mass is 16.3. The lowest BCUT2D eigenvalue weighted by Gasteiger charge is -2.03. The summed E-state index contributed by atoms with van der Waals surface area (Å²) in [6, 6.07) is 17.0. The van der Waals surface area contributed by atoms with Gasteiger partial charge in [0.05, 0.1) is 12.5 Å². The van der Waals surface area contributed by atoms with Gasteiger partial charge in [-0.1, -0.05) is 36.4 Å². The Kier molecular flexibility index (Phi) is 2.88. The number of phenols is 1. The number of rotatable bonds is 2. The predicted molar refractivity (Wildman–Crippen MR) is 62.9 cm³/mol. The molecule has 0 heterocycles. The summed E-state index contributed by atoms with van der Waals surface area (Å²) < 4.78 is 0. The lowest BCUT2D eigenvalue weighted by Crippen LogP contribution is -1.82. The molecule has 0 aromatic heterocycles. The molecule has 2 heteroatoms. The van der Waals surface area contributed by atoms with Crippen molar-refractivity contribution >= 4 is 0 Å². The van der Waals surface area contributed by atoms with Gasteiger partial charge in [-0.25, -0.2) is 0 Å². The highest BCUT2D eigenvalue weighted by Crippen LogP contribution is 2.23. The quantitative estimate of drug-likeness (QED) is 0.825. The first-order chi connectivity index (χ1) is 7.79. The smallest absolute Gasteiger partial charge is 0.116 e. The molecule has 78 valence electrons. The summed E-state index contributed by atoms with van der Waals surface area (Å²) >= 11 is 0. The Labute approximate surface area is 94.4 Å². The van der Waals surface area contributed by atoms with Crippen LogP contribution >= 0.6 is 0 Å². The number of phenolic OH excluding ortho intramolecular Hbond substituents is 1. The second-order valence-electron chi connectivity index (χ2n) is 3.58. The summed E-state index contributed by atoms with van der Waals surface area (Å²) in [5.74, 6) is 0.263. The molecule has 0 fully saturated rings. The van der Waals surface area contributed by atoms with Crippen molar-refractivity contribution in [2.24, 2.45) is 0 Å². The van der Waals surface area contributed by atoms with E-state index in [0.717, 1.165) is 16.7 Å². The van der Waals surface area contributed by atoms with Crippen LogP contribution in [0, 0.1) is 11.3 Å². The largest absolute Gasteiger partial charge is 0.508 e. The number of benzene rings is 2. The first-order valence-electron chi connectivity index (χ1n) is 5.05. The van der Waals surface area contributed by atoms with Gasteiger partial charge in [-0.2, -0.15) is 5.26 Å². The molecule has 0 aliphatic rings. The van der Waals surface area contributed by atoms with E-state index in [0.29, 0.717) is 6.42 Å². The zero-order valence-electron chi connectivity index (χ0n) is 8.72. The van der Waals surface area contributed by atoms with Crippen molar-refractivity contribution < 1.29 is 5.11 Å². The lowest BCUT2D eigenvalue weighted by molar-refractivity contribution is 0.475. The zero-order valence-corrected chi connectivity index (χ0v) is 8.72. The average Bonchev–Trinajstić information content (AvgIpc) is 2.30. The fourth-order valence-electron chi connectivity index (χ4n) is 1.59. The second-order valence-corrected chi connectivity index (χ2v) is 3.58. The van der Waals surface area contributed by atoms with Crippen molar-refractivity contribution in [1.82, 2.24) is 0 Å². The maximum Gasteiger partial charge on any atom is 0.116 e. The van der Waals surface area contributed by atoms with Crippen LogP contribution in [0.1, 0.15) is 5.56 Å². The molecule has 1 N–H and O–H groups in total. The molecule has 2 rings (SSSR count). The minimum Gasteiger partial charge on any atom is -0.508 e. The minimum absolute atomic E-state index is 0.263. The number of hydrogen-bond acceptors (Lipinski definition) is 2. The molecule has 2 aromatic carbocycles. The summed E-state index contributed by atoms with van der Waals surface area (Å²) in [7, 11) is 0. The summed E-state index contributed by atoms with van der Waals surface area (Å²) in [6.45, 7) is 0. The highest BCUT2D eigenvalue weighted by Gasteiger charge is 1.98. The van der Waals surface area contributed by atoms with Crippen molar-refractivity contribution in [1.29, 1.82) is 5.26 Å². The highest BCUT2D eigenvalue weighted by molar-refractivity contribution is 5.65. The molecule has 0 unspecified atom stereocenters. The topological polar surface area (TPSA) is 44.0 Å². The van der Waals surface area contributed by atoms with Gasteiger partial charge in [0.1, 0.15) is 5.75 Å². The molecule has 2 nitrogen and oxygen atoms in total. The van der Waals surface area contributed by atoms with Crippen LogP contribution in [0.4, 0.5) is 0 Å². The van der Waals surface area contributed by atoms with E-state index in [2.05, 4.69) is 6.07 Å². The predicted octanol–water partition coefficient (Wildman–Crippen LogP) is 3.13. The summed E-state index contributed by atoms with van der Waals surface area (Å²) in [4.78, 5) is 0. The molecule has 0 saturated heterocycles. The molecule has 0 radical (unpaired) electrons. The molecule has 0 aliphatic heterocycles. The molecule has 0 bridgehead atoms. The van der Waals surface area contributed by atoms with Crippen molar-refractivity contribution in [3.63, 3.8) is 0 Å². The normalized spacial score (nSPS) is 9.69. The Morgan fingerprint density at radius 1 is 1.00 bits per heavy atom. The van der Waals surface area contributed by atoms with E-state index in [4.69, 9.17) is 5.26 Å². The van der Waals surface area contributed by atoms with Crippen LogP contribution in [0.5, 0.6) is 5.75 Å². The van der Waals surface area contributed by atoms with E-state index >= 15 is 0 Å². The Bertz CT molecular complexity index is 523. The van der Waals surface area contributed by atoms with Gasteiger partial charge in [0.2, 0.25) is 0 Å². The second kappa shape index (κ2) is 4.50. The zero-order chi connectivity index (χ0) is 11.4. The van der Waals surface area contributed by atoms with Gasteiger partial charge < -0.3 is 5.11 Å². The van der Waals surface area contributed by atoms with E-state index in [9.17, 15) is 5.11 Å². The maximum absolute atomic E-state index is 9.37. The molecular weight excluding hydrogens is 198 g/mol. The summed E-state index contributed by atoms with van der Waals surface area (Å²) in [5, 5.41) is 17.9. The van der Waals surface area contributed by atoms with E-state index < -0.39 is 0 Å². The standard InChI is InChI=1S/C14H11NO/c15-9-8-11-4-6-12(7-5-11)13-2-1-3-14(16)10-13/h1-7,10,16H,8H2. The van der Waals surface area contributed by atoms with Crippen LogP contribution in [-0.2, 0) is 6.42 Å². The van der Waals surface area contributed by atoms with Gasteiger partial charge in [0, 0.05) is 0 Å². The fraction of sp³-hybridized carbons (Fsp3) is 0.0714. The van der Waals surface area contributed by atoms with Crippen molar-refractivity contribution in [3.8, 4) is 22.9 Å². The van der Waals surface area contributed by atoms with E-state index in [-0.39, 0.29) is 5.75 Å². The molecule has 0 amide bonds. The van der Waals surface area contributed by atoms with Crippen molar-refractivity contribution in [3.05, 3.63) is 54.1 Å². The molecule has 0 atom stereocenters. The molecule has 0 spiro atoms. The minimum atomic E-state index is 0.263. The van der Waals surface area contributed by atoms with Crippen LogP contribution in [-0.4, -0.2) is 5.11 Å². The summed E-state index contributed by atoms with van der Waals surface area (Å²) in [5.41, 5.74) is 3.02. The van der Waals surface area contributed by atoms with Crippen LogP contribution < -0.4 is 0 Å². The van der Waals surface area contributed by atoms with Gasteiger partial charge in [-0.15, -0.1) is 0 Å². The van der Waals surface area contributed by atoms with E-state index in [1.54, 1.807) is 12.1 Å². The van der Waals surface area contributed by atoms with Crippen molar-refractivity contribution in [2.75, 3.05) is 0 Å². The van der Waals surface area contributed by atoms with Crippen LogP contribution in [0.25, 0.3) is 11.1 Å². The maximum atomic E-state index is 9.37. The molecule has 2 aromatic rings.